The fourth-order valence-corrected chi connectivity index (χ4v) is 5.51. The van der Waals surface area contributed by atoms with Gasteiger partial charge in [0.15, 0.2) is 0 Å². The van der Waals surface area contributed by atoms with Gasteiger partial charge in [-0.25, -0.2) is 9.37 Å². The van der Waals surface area contributed by atoms with Crippen molar-refractivity contribution in [2.45, 2.75) is 50.7 Å². The normalized spacial score (nSPS) is 15.3. The second kappa shape index (κ2) is 10.9. The summed E-state index contributed by atoms with van der Waals surface area (Å²) >= 11 is 0. The van der Waals surface area contributed by atoms with Crippen LogP contribution in [-0.4, -0.2) is 36.1 Å². The number of carbonyl (C=O) groups is 2. The van der Waals surface area contributed by atoms with E-state index in [-0.39, 0.29) is 40.1 Å². The van der Waals surface area contributed by atoms with Gasteiger partial charge >= 0.3 is 6.18 Å². The minimum absolute atomic E-state index is 0.0144. The molecule has 6 rings (SSSR count). The van der Waals surface area contributed by atoms with Crippen LogP contribution in [0.3, 0.4) is 0 Å². The number of fused-ring (bicyclic) bond motifs is 1. The van der Waals surface area contributed by atoms with Crippen molar-refractivity contribution in [2.24, 2.45) is 11.8 Å². The summed E-state index contributed by atoms with van der Waals surface area (Å²) in [5.41, 5.74) is 1.89. The average Bonchev–Trinajstić information content (AvgIpc) is 3.91. The molecule has 2 aliphatic carbocycles. The largest absolute Gasteiger partial charge is 0.437 e. The van der Waals surface area contributed by atoms with Gasteiger partial charge in [-0.05, 0) is 92.0 Å². The summed E-state index contributed by atoms with van der Waals surface area (Å²) in [6.45, 7) is 0. The molecule has 0 unspecified atom stereocenters. The summed E-state index contributed by atoms with van der Waals surface area (Å²) in [6.07, 6.45) is -1.55. The number of amides is 2. The van der Waals surface area contributed by atoms with Crippen LogP contribution in [-0.2, 0) is 6.42 Å². The van der Waals surface area contributed by atoms with E-state index in [1.807, 2.05) is 0 Å². The molecule has 2 amide bonds. The van der Waals surface area contributed by atoms with E-state index < -0.39 is 30.7 Å². The summed E-state index contributed by atoms with van der Waals surface area (Å²) in [5, 5.41) is 6.04. The zero-order valence-electron chi connectivity index (χ0n) is 22.9. The predicted molar refractivity (Wildman–Crippen MR) is 149 cm³/mol. The van der Waals surface area contributed by atoms with E-state index in [1.165, 1.54) is 31.3 Å². The number of aryl methyl sites for hydroxylation is 1. The van der Waals surface area contributed by atoms with Crippen molar-refractivity contribution in [1.82, 2.24) is 15.6 Å². The maximum absolute atomic E-state index is 13.6. The fraction of sp³-hybridized carbons (Fsp3) is 0.344. The molecule has 0 radical (unpaired) electrons. The number of rotatable bonds is 9. The van der Waals surface area contributed by atoms with Gasteiger partial charge in [-0.3, -0.25) is 9.59 Å². The van der Waals surface area contributed by atoms with E-state index in [4.69, 9.17) is 4.42 Å². The minimum atomic E-state index is -4.42. The Labute approximate surface area is 239 Å². The Kier molecular flexibility index (Phi) is 7.24. The van der Waals surface area contributed by atoms with Gasteiger partial charge in [0.25, 0.3) is 11.8 Å². The Bertz CT molecular complexity index is 1640. The van der Waals surface area contributed by atoms with E-state index in [0.717, 1.165) is 25.7 Å². The van der Waals surface area contributed by atoms with Crippen LogP contribution in [0.25, 0.3) is 33.6 Å². The first-order valence-electron chi connectivity index (χ1n) is 14.0. The molecule has 0 atom stereocenters. The Hall–Kier alpha value is -4.21. The lowest BCUT2D eigenvalue weighted by Gasteiger charge is -2.18. The van der Waals surface area contributed by atoms with Gasteiger partial charge in [-0.1, -0.05) is 12.1 Å². The van der Waals surface area contributed by atoms with Gasteiger partial charge in [0.2, 0.25) is 5.71 Å². The van der Waals surface area contributed by atoms with Crippen LogP contribution in [0, 0.1) is 17.7 Å². The first kappa shape index (κ1) is 27.9. The molecule has 218 valence electrons. The predicted octanol–water partition coefficient (Wildman–Crippen LogP) is 7.07. The molecule has 2 heterocycles. The van der Waals surface area contributed by atoms with Crippen molar-refractivity contribution >= 4 is 22.9 Å². The summed E-state index contributed by atoms with van der Waals surface area (Å²) < 4.78 is 59.5. The maximum atomic E-state index is 13.6. The number of benzene rings is 2. The molecular weight excluding hydrogens is 550 g/mol. The number of nitrogens with one attached hydrogen (secondary N) is 2. The molecule has 42 heavy (non-hydrogen) atoms. The lowest BCUT2D eigenvalue weighted by molar-refractivity contribution is -0.134. The van der Waals surface area contributed by atoms with Crippen molar-refractivity contribution in [2.75, 3.05) is 7.05 Å². The number of carbonyl (C=O) groups excluding carboxylic acids is 2. The highest BCUT2D eigenvalue weighted by Crippen LogP contribution is 2.44. The molecule has 0 aliphatic heterocycles. The number of alkyl halides is 3. The lowest BCUT2D eigenvalue weighted by Crippen LogP contribution is -2.38. The van der Waals surface area contributed by atoms with Gasteiger partial charge in [-0.2, -0.15) is 13.2 Å². The Morgan fingerprint density at radius 1 is 0.976 bits per heavy atom. The zero-order chi connectivity index (χ0) is 29.6. The molecule has 2 fully saturated rings. The van der Waals surface area contributed by atoms with Crippen molar-refractivity contribution in [3.8, 4) is 22.5 Å². The molecule has 0 saturated heterocycles. The second-order valence-electron chi connectivity index (χ2n) is 11.1. The second-order valence-corrected chi connectivity index (χ2v) is 11.1. The number of hydrogen-bond donors (Lipinski definition) is 2. The molecule has 2 N–H and O–H groups in total. The molecule has 2 aromatic carbocycles. The third kappa shape index (κ3) is 5.89. The molecule has 6 nitrogen and oxygen atoms in total. The maximum Gasteiger partial charge on any atom is 0.389 e. The molecule has 0 spiro atoms. The summed E-state index contributed by atoms with van der Waals surface area (Å²) in [5.74, 6) is -0.0667. The van der Waals surface area contributed by atoms with Crippen LogP contribution < -0.4 is 10.6 Å². The topological polar surface area (TPSA) is 84.2 Å². The standard InChI is InChI=1S/C32H29F4N3O3/c1-37-30(41)26-24-16-23(20-3-2-4-21(15-20)29(40)39-27(17-5-6-17)18-7-8-18)25(13-14-32(34,35)36)38-31(24)42-28(26)19-9-11-22(33)12-10-19/h2-4,9-12,15-18,27H,5-8,13-14H2,1H3,(H,37,41)(H,39,40). The number of aromatic nitrogens is 1. The number of furan rings is 1. The van der Waals surface area contributed by atoms with E-state index in [0.29, 0.717) is 34.1 Å². The SMILES string of the molecule is CNC(=O)c1c(-c2ccc(F)cc2)oc2nc(CCC(F)(F)F)c(-c3cccc(C(=O)NC(C4CC4)C4CC4)c3)cc12. The van der Waals surface area contributed by atoms with Crippen LogP contribution in [0.1, 0.15) is 58.5 Å². The highest BCUT2D eigenvalue weighted by atomic mass is 19.4. The van der Waals surface area contributed by atoms with Crippen molar-refractivity contribution in [3.63, 3.8) is 0 Å². The Balaban J connectivity index is 1.45. The summed E-state index contributed by atoms with van der Waals surface area (Å²) in [6, 6.07) is 13.8. The summed E-state index contributed by atoms with van der Waals surface area (Å²) in [7, 11) is 1.44. The van der Waals surface area contributed by atoms with E-state index in [9.17, 15) is 27.2 Å². The fourth-order valence-electron chi connectivity index (χ4n) is 5.51. The van der Waals surface area contributed by atoms with Gasteiger partial charge < -0.3 is 15.1 Å². The molecule has 2 aliphatic rings. The highest BCUT2D eigenvalue weighted by Gasteiger charge is 2.42. The number of nitrogens with zero attached hydrogens (tertiary/aromatic N) is 1. The number of pyridine rings is 1. The van der Waals surface area contributed by atoms with Gasteiger partial charge in [0.1, 0.15) is 11.6 Å². The summed E-state index contributed by atoms with van der Waals surface area (Å²) in [4.78, 5) is 30.7. The third-order valence-electron chi connectivity index (χ3n) is 7.96. The third-order valence-corrected chi connectivity index (χ3v) is 7.96. The Morgan fingerprint density at radius 3 is 2.29 bits per heavy atom. The van der Waals surface area contributed by atoms with Crippen molar-refractivity contribution in [3.05, 3.63) is 77.2 Å². The van der Waals surface area contributed by atoms with Crippen molar-refractivity contribution in [1.29, 1.82) is 0 Å². The quantitative estimate of drug-likeness (QED) is 0.208. The molecular formula is C32H29F4N3O3. The van der Waals surface area contributed by atoms with Crippen LogP contribution in [0.5, 0.6) is 0 Å². The van der Waals surface area contributed by atoms with E-state index in [2.05, 4.69) is 15.6 Å². The van der Waals surface area contributed by atoms with Gasteiger partial charge in [0.05, 0.1) is 16.6 Å². The van der Waals surface area contributed by atoms with Crippen LogP contribution in [0.4, 0.5) is 17.6 Å². The molecule has 2 saturated carbocycles. The van der Waals surface area contributed by atoms with Crippen LogP contribution in [0.15, 0.2) is 59.0 Å². The minimum Gasteiger partial charge on any atom is -0.437 e. The van der Waals surface area contributed by atoms with Crippen LogP contribution in [0.2, 0.25) is 0 Å². The molecule has 4 aromatic rings. The monoisotopic (exact) mass is 579 g/mol. The van der Waals surface area contributed by atoms with E-state index >= 15 is 0 Å². The zero-order valence-corrected chi connectivity index (χ0v) is 22.9. The highest BCUT2D eigenvalue weighted by molar-refractivity contribution is 6.11. The van der Waals surface area contributed by atoms with Gasteiger partial charge in [0, 0.05) is 36.2 Å². The van der Waals surface area contributed by atoms with Crippen molar-refractivity contribution < 1.29 is 31.6 Å². The number of halogens is 4. The average molecular weight is 580 g/mol. The first-order valence-corrected chi connectivity index (χ1v) is 14.0. The van der Waals surface area contributed by atoms with Gasteiger partial charge in [-0.15, -0.1) is 0 Å². The molecule has 0 bridgehead atoms. The number of hydrogen-bond acceptors (Lipinski definition) is 4. The first-order chi connectivity index (χ1) is 20.1. The smallest absolute Gasteiger partial charge is 0.389 e. The van der Waals surface area contributed by atoms with Crippen LogP contribution >= 0.6 is 0 Å². The molecule has 10 heteroatoms. The lowest BCUT2D eigenvalue weighted by atomic mass is 9.96. The van der Waals surface area contributed by atoms with E-state index in [1.54, 1.807) is 30.3 Å². The Morgan fingerprint density at radius 2 is 1.67 bits per heavy atom. The molecule has 2 aromatic heterocycles.